The van der Waals surface area contributed by atoms with Gasteiger partial charge in [-0.15, -0.1) is 0 Å². The normalized spacial score (nSPS) is 12.7. The van der Waals surface area contributed by atoms with Crippen molar-refractivity contribution in [2.75, 3.05) is 0 Å². The van der Waals surface area contributed by atoms with Crippen molar-refractivity contribution >= 4 is 20.4 Å². The summed E-state index contributed by atoms with van der Waals surface area (Å²) in [6.45, 7) is 8.26. The molecule has 3 nitrogen and oxygen atoms in total. The van der Waals surface area contributed by atoms with Crippen molar-refractivity contribution in [2.24, 2.45) is 0 Å². The molecule has 0 N–H and O–H groups in total. The molecule has 13 heavy (non-hydrogen) atoms. The van der Waals surface area contributed by atoms with Crippen LogP contribution in [0.4, 0.5) is 0 Å². The van der Waals surface area contributed by atoms with Crippen LogP contribution >= 0.6 is 0 Å². The van der Waals surface area contributed by atoms with Gasteiger partial charge < -0.3 is 20.3 Å². The monoisotopic (exact) mass is 228 g/mol. The molecule has 0 bridgehead atoms. The second kappa shape index (κ2) is 30.0. The average molecular weight is 228 g/mol. The van der Waals surface area contributed by atoms with E-state index < -0.39 is 0 Å². The van der Waals surface area contributed by atoms with E-state index in [1.54, 1.807) is 5.92 Å². The molecule has 79 valence electrons. The van der Waals surface area contributed by atoms with E-state index in [0.717, 1.165) is 0 Å². The van der Waals surface area contributed by atoms with Gasteiger partial charge in [-0.2, -0.15) is 19.8 Å². The van der Waals surface area contributed by atoms with Crippen LogP contribution in [0.15, 0.2) is 0 Å². The molecule has 0 spiro atoms. The molecule has 4 heteroatoms. The molecule has 0 amide bonds. The predicted octanol–water partition coefficient (Wildman–Crippen LogP) is 1.60. The minimum atomic E-state index is 0. The Morgan fingerprint density at radius 2 is 1.08 bits per heavy atom. The van der Waals surface area contributed by atoms with Gasteiger partial charge >= 0.3 is 0 Å². The molecule has 1 aliphatic carbocycles. The van der Waals surface area contributed by atoms with Gasteiger partial charge in [0.05, 0.1) is 0 Å². The fourth-order valence-electron chi connectivity index (χ4n) is 0.979. The second-order valence-electron chi connectivity index (χ2n) is 2.16. The largest absolute Gasteiger partial charge is 0.317 e. The van der Waals surface area contributed by atoms with Crippen LogP contribution in [-0.4, -0.2) is 20.4 Å². The summed E-state index contributed by atoms with van der Waals surface area (Å²) in [6.07, 6.45) is 5.71. The number of carbonyl (C=O) groups is 3. The van der Waals surface area contributed by atoms with E-state index in [9.17, 15) is 0 Å². The maximum atomic E-state index is 8.00. The zero-order chi connectivity index (χ0) is 10.4. The maximum Gasteiger partial charge on any atom is 0.106 e. The quantitative estimate of drug-likeness (QED) is 0.467. The smallest absolute Gasteiger partial charge is 0.106 e. The first kappa shape index (κ1) is 22.9. The number of rotatable bonds is 0. The SMILES string of the molecule is C=O.C=O.C=O.C[C-]1CCCC1.[Mn]. The molecular formula is C9H17MnO3-. The maximum absolute atomic E-state index is 8.00. The van der Waals surface area contributed by atoms with Crippen LogP contribution in [0.3, 0.4) is 0 Å². The van der Waals surface area contributed by atoms with Gasteiger partial charge in [-0.25, -0.2) is 0 Å². The van der Waals surface area contributed by atoms with Gasteiger partial charge in [0, 0.05) is 17.1 Å². The zero-order valence-corrected chi connectivity index (χ0v) is 9.23. The summed E-state index contributed by atoms with van der Waals surface area (Å²) in [5.74, 6) is 1.70. The standard InChI is InChI=1S/C6H11.3CH2O.Mn/c1-6-4-2-3-5-6;3*1-2;/h2-5H2,1H3;3*1H2;/q-1;;;;. The van der Waals surface area contributed by atoms with Crippen LogP contribution < -0.4 is 0 Å². The van der Waals surface area contributed by atoms with Gasteiger partial charge in [-0.1, -0.05) is 12.8 Å². The van der Waals surface area contributed by atoms with Crippen molar-refractivity contribution in [1.82, 2.24) is 0 Å². The molecule has 1 radical (unpaired) electrons. The average Bonchev–Trinajstić information content (AvgIpc) is 2.66. The van der Waals surface area contributed by atoms with Crippen molar-refractivity contribution in [3.05, 3.63) is 5.92 Å². The van der Waals surface area contributed by atoms with Crippen molar-refractivity contribution < 1.29 is 31.5 Å². The van der Waals surface area contributed by atoms with Gasteiger partial charge in [0.1, 0.15) is 20.4 Å². The van der Waals surface area contributed by atoms with Crippen LogP contribution in [0.1, 0.15) is 32.6 Å². The third-order valence-corrected chi connectivity index (χ3v) is 1.46. The van der Waals surface area contributed by atoms with Crippen LogP contribution in [0.25, 0.3) is 0 Å². The van der Waals surface area contributed by atoms with E-state index in [-0.39, 0.29) is 17.1 Å². The summed E-state index contributed by atoms with van der Waals surface area (Å²) in [6, 6.07) is 0. The first-order chi connectivity index (χ1) is 5.89. The Morgan fingerprint density at radius 1 is 0.846 bits per heavy atom. The van der Waals surface area contributed by atoms with Gasteiger partial charge in [0.25, 0.3) is 0 Å². The molecule has 0 aromatic carbocycles. The third kappa shape index (κ3) is 24.6. The second-order valence-corrected chi connectivity index (χ2v) is 2.16. The summed E-state index contributed by atoms with van der Waals surface area (Å²) in [7, 11) is 0. The molecule has 0 aromatic heterocycles. The van der Waals surface area contributed by atoms with Crippen LogP contribution in [-0.2, 0) is 31.5 Å². The van der Waals surface area contributed by atoms with E-state index in [1.165, 1.54) is 25.7 Å². The molecule has 1 fully saturated rings. The fourth-order valence-corrected chi connectivity index (χ4v) is 0.979. The molecule has 0 heterocycles. The van der Waals surface area contributed by atoms with Crippen molar-refractivity contribution in [3.63, 3.8) is 0 Å². The Balaban J connectivity index is -0.0000000508. The molecule has 0 aliphatic heterocycles. The molecule has 0 saturated heterocycles. The van der Waals surface area contributed by atoms with Crippen LogP contribution in [0.2, 0.25) is 0 Å². The summed E-state index contributed by atoms with van der Waals surface area (Å²) >= 11 is 0. The van der Waals surface area contributed by atoms with Crippen molar-refractivity contribution in [3.8, 4) is 0 Å². The van der Waals surface area contributed by atoms with E-state index in [2.05, 4.69) is 6.92 Å². The fraction of sp³-hybridized carbons (Fsp3) is 0.556. The predicted molar refractivity (Wildman–Crippen MR) is 48.7 cm³/mol. The summed E-state index contributed by atoms with van der Waals surface area (Å²) in [5.41, 5.74) is 0. The van der Waals surface area contributed by atoms with Crippen molar-refractivity contribution in [2.45, 2.75) is 32.6 Å². The Labute approximate surface area is 90.8 Å². The molecule has 0 unspecified atom stereocenters. The van der Waals surface area contributed by atoms with E-state index in [4.69, 9.17) is 14.4 Å². The molecule has 1 rings (SSSR count). The molecule has 0 aromatic rings. The molecule has 1 aliphatic rings. The summed E-state index contributed by atoms with van der Waals surface area (Å²) < 4.78 is 0. The Hall–Kier alpha value is -0.471. The Kier molecular flexibility index (Phi) is 52.8. The van der Waals surface area contributed by atoms with E-state index >= 15 is 0 Å². The number of hydrogen-bond acceptors (Lipinski definition) is 3. The summed E-state index contributed by atoms with van der Waals surface area (Å²) in [4.78, 5) is 24.0. The minimum Gasteiger partial charge on any atom is -0.317 e. The minimum absolute atomic E-state index is 0. The molecule has 0 atom stereocenters. The topological polar surface area (TPSA) is 51.2 Å². The number of carbonyl (C=O) groups excluding carboxylic acids is 3. The Morgan fingerprint density at radius 3 is 1.15 bits per heavy atom. The first-order valence-electron chi connectivity index (χ1n) is 3.57. The van der Waals surface area contributed by atoms with Gasteiger partial charge in [-0.3, -0.25) is 0 Å². The van der Waals surface area contributed by atoms with Gasteiger partial charge in [0.15, 0.2) is 0 Å². The zero-order valence-electron chi connectivity index (χ0n) is 8.05. The van der Waals surface area contributed by atoms with E-state index in [0.29, 0.717) is 0 Å². The molecule has 1 saturated carbocycles. The van der Waals surface area contributed by atoms with E-state index in [1.807, 2.05) is 20.4 Å². The van der Waals surface area contributed by atoms with Gasteiger partial charge in [0.2, 0.25) is 0 Å². The van der Waals surface area contributed by atoms with Crippen LogP contribution in [0, 0.1) is 5.92 Å². The van der Waals surface area contributed by atoms with Crippen molar-refractivity contribution in [1.29, 1.82) is 0 Å². The molecular weight excluding hydrogens is 211 g/mol. The summed E-state index contributed by atoms with van der Waals surface area (Å²) in [5, 5.41) is 0. The Bertz CT molecular complexity index is 70.5. The van der Waals surface area contributed by atoms with Crippen LogP contribution in [0.5, 0.6) is 0 Å². The number of hydrogen-bond donors (Lipinski definition) is 0. The third-order valence-electron chi connectivity index (χ3n) is 1.46. The van der Waals surface area contributed by atoms with Gasteiger partial charge in [-0.05, 0) is 0 Å². The first-order valence-corrected chi connectivity index (χ1v) is 3.57.